The molecule has 0 spiro atoms. The molecule has 0 saturated heterocycles. The van der Waals surface area contributed by atoms with Gasteiger partial charge >= 0.3 is 18.0 Å². The third-order valence-electron chi connectivity index (χ3n) is 2.00. The van der Waals surface area contributed by atoms with Crippen molar-refractivity contribution in [3.05, 3.63) is 0 Å². The summed E-state index contributed by atoms with van der Waals surface area (Å²) in [5.41, 5.74) is 0. The van der Waals surface area contributed by atoms with E-state index in [4.69, 9.17) is 11.5 Å². The van der Waals surface area contributed by atoms with Gasteiger partial charge in [-0.3, -0.25) is 4.79 Å². The van der Waals surface area contributed by atoms with Crippen LogP contribution in [0.1, 0.15) is 19.8 Å². The molecule has 18 heavy (non-hydrogen) atoms. The predicted octanol–water partition coefficient (Wildman–Crippen LogP) is -0.286. The van der Waals surface area contributed by atoms with E-state index in [1.807, 2.05) is 0 Å². The van der Waals surface area contributed by atoms with Gasteiger partial charge in [-0.15, -0.1) is 12.3 Å². The van der Waals surface area contributed by atoms with Gasteiger partial charge in [0, 0.05) is 12.5 Å². The second-order valence-electron chi connectivity index (χ2n) is 3.60. The molecule has 0 aliphatic rings. The number of urea groups is 1. The summed E-state index contributed by atoms with van der Waals surface area (Å²) in [6, 6.07) is -2.33. The van der Waals surface area contributed by atoms with Gasteiger partial charge in [0.15, 0.2) is 0 Å². The molecule has 0 aromatic heterocycles. The number of hydrogen-bond donors (Lipinski definition) is 3. The van der Waals surface area contributed by atoms with Crippen LogP contribution < -0.4 is 10.6 Å². The molecule has 0 aliphatic carbocycles. The lowest BCUT2D eigenvalue weighted by molar-refractivity contribution is -0.147. The molecule has 2 atom stereocenters. The summed E-state index contributed by atoms with van der Waals surface area (Å²) in [5.74, 6) is 0.315. The number of terminal acetylenes is 1. The van der Waals surface area contributed by atoms with Crippen molar-refractivity contribution >= 4 is 18.0 Å². The Labute approximate surface area is 105 Å². The van der Waals surface area contributed by atoms with Gasteiger partial charge < -0.3 is 20.5 Å². The standard InChI is InChI=1S/C11H16N2O5/c1-4-5-7(2)12-11(17)13-8(10(15)16)6-9(14)18-3/h1,7-8H,5-6H2,2-3H3,(H,15,16)(H2,12,13,17)/t7?,8-/m0/s1. The van der Waals surface area contributed by atoms with E-state index in [-0.39, 0.29) is 6.04 Å². The first-order valence-electron chi connectivity index (χ1n) is 5.20. The monoisotopic (exact) mass is 256 g/mol. The summed E-state index contributed by atoms with van der Waals surface area (Å²) < 4.78 is 4.33. The predicted molar refractivity (Wildman–Crippen MR) is 62.6 cm³/mol. The Hall–Kier alpha value is -2.23. The summed E-state index contributed by atoms with van der Waals surface area (Å²) in [4.78, 5) is 33.2. The molecular formula is C11H16N2O5. The Balaban J connectivity index is 4.33. The average molecular weight is 256 g/mol. The highest BCUT2D eigenvalue weighted by atomic mass is 16.5. The minimum absolute atomic E-state index is 0.289. The van der Waals surface area contributed by atoms with Crippen molar-refractivity contribution in [3.63, 3.8) is 0 Å². The summed E-state index contributed by atoms with van der Waals surface area (Å²) in [5, 5.41) is 13.4. The van der Waals surface area contributed by atoms with E-state index in [0.29, 0.717) is 6.42 Å². The maximum absolute atomic E-state index is 11.4. The largest absolute Gasteiger partial charge is 0.480 e. The molecule has 0 rings (SSSR count). The van der Waals surface area contributed by atoms with Gasteiger partial charge in [-0.25, -0.2) is 9.59 Å². The quantitative estimate of drug-likeness (QED) is 0.447. The van der Waals surface area contributed by atoms with Crippen LogP contribution in [0.25, 0.3) is 0 Å². The number of aliphatic carboxylic acids is 1. The fraction of sp³-hybridized carbons (Fsp3) is 0.545. The SMILES string of the molecule is C#CCC(C)NC(=O)N[C@@H](CC(=O)OC)C(=O)O. The van der Waals surface area contributed by atoms with E-state index in [1.165, 1.54) is 0 Å². The maximum Gasteiger partial charge on any atom is 0.326 e. The molecule has 7 heteroatoms. The third-order valence-corrected chi connectivity index (χ3v) is 2.00. The lowest BCUT2D eigenvalue weighted by atomic mass is 10.2. The summed E-state index contributed by atoms with van der Waals surface area (Å²) in [7, 11) is 1.14. The minimum atomic E-state index is -1.34. The smallest absolute Gasteiger partial charge is 0.326 e. The van der Waals surface area contributed by atoms with Gasteiger partial charge in [-0.2, -0.15) is 0 Å². The van der Waals surface area contributed by atoms with Gasteiger partial charge in [-0.1, -0.05) is 0 Å². The molecule has 100 valence electrons. The topological polar surface area (TPSA) is 105 Å². The molecule has 0 saturated carbocycles. The normalized spacial score (nSPS) is 12.7. The molecule has 3 N–H and O–H groups in total. The molecule has 0 fully saturated rings. The van der Waals surface area contributed by atoms with Crippen LogP contribution in [0, 0.1) is 12.3 Å². The van der Waals surface area contributed by atoms with E-state index in [0.717, 1.165) is 7.11 Å². The van der Waals surface area contributed by atoms with E-state index in [2.05, 4.69) is 21.3 Å². The van der Waals surface area contributed by atoms with Crippen molar-refractivity contribution < 1.29 is 24.2 Å². The number of nitrogens with one attached hydrogen (secondary N) is 2. The van der Waals surface area contributed by atoms with Gasteiger partial charge in [0.05, 0.1) is 13.5 Å². The zero-order chi connectivity index (χ0) is 14.1. The fourth-order valence-corrected chi connectivity index (χ4v) is 1.10. The highest BCUT2D eigenvalue weighted by Gasteiger charge is 2.24. The van der Waals surface area contributed by atoms with Crippen molar-refractivity contribution in [2.75, 3.05) is 7.11 Å². The zero-order valence-electron chi connectivity index (χ0n) is 10.2. The van der Waals surface area contributed by atoms with Crippen LogP contribution in [-0.4, -0.2) is 42.3 Å². The van der Waals surface area contributed by atoms with Crippen molar-refractivity contribution in [1.82, 2.24) is 10.6 Å². The van der Waals surface area contributed by atoms with Crippen LogP contribution in [0.4, 0.5) is 4.79 Å². The lowest BCUT2D eigenvalue weighted by Crippen LogP contribution is -2.49. The number of carbonyl (C=O) groups is 3. The van der Waals surface area contributed by atoms with Crippen molar-refractivity contribution in [2.24, 2.45) is 0 Å². The first-order valence-corrected chi connectivity index (χ1v) is 5.20. The lowest BCUT2D eigenvalue weighted by Gasteiger charge is -2.16. The Morgan fingerprint density at radius 2 is 2.00 bits per heavy atom. The number of ether oxygens (including phenoxy) is 1. The molecule has 0 bridgehead atoms. The molecule has 0 aliphatic heterocycles. The van der Waals surface area contributed by atoms with Crippen molar-refractivity contribution in [3.8, 4) is 12.3 Å². The number of esters is 1. The van der Waals surface area contributed by atoms with Gasteiger partial charge in [0.1, 0.15) is 6.04 Å². The average Bonchev–Trinajstić information content (AvgIpc) is 2.27. The molecule has 0 radical (unpaired) electrons. The Kier molecular flexibility index (Phi) is 6.96. The number of carbonyl (C=O) groups excluding carboxylic acids is 2. The highest BCUT2D eigenvalue weighted by Crippen LogP contribution is 1.96. The Bertz CT molecular complexity index is 361. The molecule has 0 aromatic rings. The highest BCUT2D eigenvalue weighted by molar-refractivity contribution is 5.86. The first kappa shape index (κ1) is 15.8. The van der Waals surface area contributed by atoms with Crippen LogP contribution in [0.15, 0.2) is 0 Å². The summed E-state index contributed by atoms with van der Waals surface area (Å²) >= 11 is 0. The van der Waals surface area contributed by atoms with Gasteiger partial charge in [0.2, 0.25) is 0 Å². The van der Waals surface area contributed by atoms with Gasteiger partial charge in [-0.05, 0) is 6.92 Å². The van der Waals surface area contributed by atoms with Crippen LogP contribution in [0.5, 0.6) is 0 Å². The van der Waals surface area contributed by atoms with Crippen LogP contribution in [-0.2, 0) is 14.3 Å². The maximum atomic E-state index is 11.4. The van der Waals surface area contributed by atoms with E-state index >= 15 is 0 Å². The third kappa shape index (κ3) is 6.37. The number of amides is 2. The second kappa shape index (κ2) is 7.95. The Morgan fingerprint density at radius 1 is 1.39 bits per heavy atom. The summed E-state index contributed by atoms with van der Waals surface area (Å²) in [6.45, 7) is 1.68. The number of rotatable bonds is 6. The fourth-order valence-electron chi connectivity index (χ4n) is 1.10. The number of hydrogen-bond acceptors (Lipinski definition) is 4. The number of methoxy groups -OCH3 is 1. The van der Waals surface area contributed by atoms with Crippen molar-refractivity contribution in [2.45, 2.75) is 31.8 Å². The molecule has 0 heterocycles. The summed E-state index contributed by atoms with van der Waals surface area (Å²) in [6.07, 6.45) is 4.94. The van der Waals surface area contributed by atoms with Crippen LogP contribution >= 0.6 is 0 Å². The second-order valence-corrected chi connectivity index (χ2v) is 3.60. The van der Waals surface area contributed by atoms with E-state index in [1.54, 1.807) is 6.92 Å². The molecular weight excluding hydrogens is 240 g/mol. The van der Waals surface area contributed by atoms with Crippen LogP contribution in [0.3, 0.4) is 0 Å². The first-order chi connectivity index (χ1) is 8.40. The van der Waals surface area contributed by atoms with Crippen molar-refractivity contribution in [1.29, 1.82) is 0 Å². The molecule has 7 nitrogen and oxygen atoms in total. The van der Waals surface area contributed by atoms with Crippen LogP contribution in [0.2, 0.25) is 0 Å². The van der Waals surface area contributed by atoms with E-state index in [9.17, 15) is 14.4 Å². The minimum Gasteiger partial charge on any atom is -0.480 e. The molecule has 2 amide bonds. The van der Waals surface area contributed by atoms with Gasteiger partial charge in [0.25, 0.3) is 0 Å². The molecule has 0 aromatic carbocycles. The number of carboxylic acids is 1. The zero-order valence-corrected chi connectivity index (χ0v) is 10.2. The van der Waals surface area contributed by atoms with E-state index < -0.39 is 30.4 Å². The molecule has 1 unspecified atom stereocenters. The Morgan fingerprint density at radius 3 is 2.44 bits per heavy atom. The number of carboxylic acid groups (broad SMARTS) is 1.